The van der Waals surface area contributed by atoms with Gasteiger partial charge in [0.05, 0.1) is 6.26 Å². The molecular weight excluding hydrogens is 296 g/mol. The lowest BCUT2D eigenvalue weighted by molar-refractivity contribution is 0.554. The predicted octanol–water partition coefficient (Wildman–Crippen LogP) is 5.56. The van der Waals surface area contributed by atoms with E-state index in [2.05, 4.69) is 41.1 Å². The van der Waals surface area contributed by atoms with Gasteiger partial charge in [-0.2, -0.15) is 0 Å². The molecule has 0 saturated carbocycles. The Bertz CT molecular complexity index is 786. The van der Waals surface area contributed by atoms with Crippen LogP contribution >= 0.6 is 22.7 Å². The summed E-state index contributed by atoms with van der Waals surface area (Å²) in [4.78, 5) is 2.74. The Morgan fingerprint density at radius 1 is 1.05 bits per heavy atom. The lowest BCUT2D eigenvalue weighted by Gasteiger charge is -2.04. The summed E-state index contributed by atoms with van der Waals surface area (Å²) < 4.78 is 5.65. The molecule has 0 radical (unpaired) electrons. The molecule has 0 aliphatic heterocycles. The Morgan fingerprint density at radius 3 is 2.86 bits per heavy atom. The second kappa shape index (κ2) is 5.51. The molecule has 0 saturated heterocycles. The molecule has 0 bridgehead atoms. The van der Waals surface area contributed by atoms with Crippen LogP contribution in [0.15, 0.2) is 69.5 Å². The molecule has 1 nitrogen and oxygen atoms in total. The maximum Gasteiger partial charge on any atom is 0.135 e. The largest absolute Gasteiger partial charge is 0.464 e. The zero-order valence-corrected chi connectivity index (χ0v) is 13.0. The van der Waals surface area contributed by atoms with Crippen molar-refractivity contribution in [1.82, 2.24) is 0 Å². The zero-order valence-electron chi connectivity index (χ0n) is 11.4. The van der Waals surface area contributed by atoms with Crippen LogP contribution in [0.1, 0.15) is 21.1 Å². The third kappa shape index (κ3) is 2.55. The number of hydrogen-bond donors (Lipinski definition) is 0. The van der Waals surface area contributed by atoms with Gasteiger partial charge in [-0.1, -0.05) is 12.1 Å². The van der Waals surface area contributed by atoms with Gasteiger partial charge in [-0.05, 0) is 58.7 Å². The van der Waals surface area contributed by atoms with Gasteiger partial charge in [0, 0.05) is 21.7 Å². The quantitative estimate of drug-likeness (QED) is 0.617. The van der Waals surface area contributed by atoms with Gasteiger partial charge in [0.15, 0.2) is 0 Å². The molecule has 1 aliphatic rings. The Labute approximate surface area is 131 Å². The highest BCUT2D eigenvalue weighted by Crippen LogP contribution is 2.35. The van der Waals surface area contributed by atoms with E-state index < -0.39 is 0 Å². The minimum absolute atomic E-state index is 0.956. The number of allylic oxidation sites excluding steroid dienone is 3. The van der Waals surface area contributed by atoms with E-state index in [1.165, 1.54) is 26.5 Å². The van der Waals surface area contributed by atoms with Crippen molar-refractivity contribution in [3.63, 3.8) is 0 Å². The fourth-order valence-corrected chi connectivity index (χ4v) is 4.33. The SMILES string of the molecule is C1=C(Cc2cccs2)C=C(c2ccco2)c2sccc2C1. The lowest BCUT2D eigenvalue weighted by Crippen LogP contribution is -1.87. The first-order valence-corrected chi connectivity index (χ1v) is 8.70. The van der Waals surface area contributed by atoms with Crippen molar-refractivity contribution in [3.05, 3.63) is 86.2 Å². The van der Waals surface area contributed by atoms with Crippen LogP contribution in [-0.4, -0.2) is 0 Å². The Kier molecular flexibility index (Phi) is 3.37. The standard InChI is InChI=1S/C18H14OS2/c1-4-17(19-8-1)16-12-13(11-15-3-2-9-20-15)5-6-14-7-10-21-18(14)16/h1-5,7-10,12H,6,11H2. The van der Waals surface area contributed by atoms with E-state index in [0.717, 1.165) is 18.6 Å². The molecule has 3 heterocycles. The minimum atomic E-state index is 0.956. The number of rotatable bonds is 3. The summed E-state index contributed by atoms with van der Waals surface area (Å²) in [5.41, 5.74) is 3.97. The molecule has 1 aliphatic carbocycles. The van der Waals surface area contributed by atoms with Crippen LogP contribution in [0.2, 0.25) is 0 Å². The van der Waals surface area contributed by atoms with Crippen molar-refractivity contribution in [2.24, 2.45) is 0 Å². The first-order chi connectivity index (χ1) is 10.4. The smallest absolute Gasteiger partial charge is 0.135 e. The molecule has 104 valence electrons. The number of furan rings is 1. The molecule has 0 N–H and O–H groups in total. The van der Waals surface area contributed by atoms with E-state index in [4.69, 9.17) is 4.42 Å². The average Bonchev–Trinajstić information content (AvgIpc) is 3.23. The van der Waals surface area contributed by atoms with Gasteiger partial charge in [0.25, 0.3) is 0 Å². The van der Waals surface area contributed by atoms with Crippen LogP contribution in [0.3, 0.4) is 0 Å². The van der Waals surface area contributed by atoms with Gasteiger partial charge >= 0.3 is 0 Å². The first kappa shape index (κ1) is 12.9. The van der Waals surface area contributed by atoms with Crippen molar-refractivity contribution >= 4 is 28.2 Å². The average molecular weight is 310 g/mol. The highest BCUT2D eigenvalue weighted by molar-refractivity contribution is 7.11. The van der Waals surface area contributed by atoms with Gasteiger partial charge < -0.3 is 4.42 Å². The summed E-state index contributed by atoms with van der Waals surface area (Å²) in [6.45, 7) is 0. The predicted molar refractivity (Wildman–Crippen MR) is 89.9 cm³/mol. The summed E-state index contributed by atoms with van der Waals surface area (Å²) in [7, 11) is 0. The fraction of sp³-hybridized carbons (Fsp3) is 0.111. The lowest BCUT2D eigenvalue weighted by atomic mass is 10.1. The van der Waals surface area contributed by atoms with Gasteiger partial charge in [-0.25, -0.2) is 0 Å². The fourth-order valence-electron chi connectivity index (χ4n) is 2.64. The topological polar surface area (TPSA) is 13.1 Å². The maximum atomic E-state index is 5.65. The molecule has 0 fully saturated rings. The van der Waals surface area contributed by atoms with Gasteiger partial charge in [0.1, 0.15) is 5.76 Å². The van der Waals surface area contributed by atoms with Gasteiger partial charge in [0.2, 0.25) is 0 Å². The molecule has 0 atom stereocenters. The molecule has 4 rings (SSSR count). The number of fused-ring (bicyclic) bond motifs is 1. The van der Waals surface area contributed by atoms with E-state index in [9.17, 15) is 0 Å². The molecule has 3 aromatic rings. The van der Waals surface area contributed by atoms with Gasteiger partial charge in [-0.3, -0.25) is 0 Å². The van der Waals surface area contributed by atoms with E-state index in [1.54, 1.807) is 17.6 Å². The Morgan fingerprint density at radius 2 is 2.05 bits per heavy atom. The van der Waals surface area contributed by atoms with Crippen LogP contribution in [0.25, 0.3) is 5.57 Å². The number of thiophene rings is 2. The molecule has 0 spiro atoms. The van der Waals surface area contributed by atoms with Crippen LogP contribution < -0.4 is 0 Å². The molecule has 0 unspecified atom stereocenters. The van der Waals surface area contributed by atoms with Crippen LogP contribution in [0.4, 0.5) is 0 Å². The van der Waals surface area contributed by atoms with Crippen molar-refractivity contribution in [3.8, 4) is 0 Å². The summed E-state index contributed by atoms with van der Waals surface area (Å²) in [5, 5.41) is 4.31. The zero-order chi connectivity index (χ0) is 14.1. The second-order valence-corrected chi connectivity index (χ2v) is 7.00. The second-order valence-electron chi connectivity index (χ2n) is 5.05. The molecular formula is C18H14OS2. The van der Waals surface area contributed by atoms with Crippen LogP contribution in [0, 0.1) is 0 Å². The van der Waals surface area contributed by atoms with E-state index in [0.29, 0.717) is 0 Å². The third-order valence-electron chi connectivity index (χ3n) is 3.65. The normalized spacial score (nSPS) is 14.3. The Hall–Kier alpha value is -1.84. The summed E-state index contributed by atoms with van der Waals surface area (Å²) in [6.07, 6.45) is 8.39. The highest BCUT2D eigenvalue weighted by Gasteiger charge is 2.17. The summed E-state index contributed by atoms with van der Waals surface area (Å²) >= 11 is 3.61. The van der Waals surface area contributed by atoms with E-state index in [1.807, 2.05) is 23.5 Å². The van der Waals surface area contributed by atoms with Crippen molar-refractivity contribution in [2.75, 3.05) is 0 Å². The molecule has 0 amide bonds. The maximum absolute atomic E-state index is 5.65. The monoisotopic (exact) mass is 310 g/mol. The number of hydrogen-bond acceptors (Lipinski definition) is 3. The van der Waals surface area contributed by atoms with Crippen molar-refractivity contribution in [2.45, 2.75) is 12.8 Å². The van der Waals surface area contributed by atoms with Crippen molar-refractivity contribution < 1.29 is 4.42 Å². The van der Waals surface area contributed by atoms with E-state index in [-0.39, 0.29) is 0 Å². The van der Waals surface area contributed by atoms with Crippen LogP contribution in [0.5, 0.6) is 0 Å². The molecule has 21 heavy (non-hydrogen) atoms. The molecule has 3 aromatic heterocycles. The van der Waals surface area contributed by atoms with E-state index >= 15 is 0 Å². The Balaban J connectivity index is 1.77. The van der Waals surface area contributed by atoms with Crippen molar-refractivity contribution in [1.29, 1.82) is 0 Å². The summed E-state index contributed by atoms with van der Waals surface area (Å²) in [5.74, 6) is 0.956. The highest BCUT2D eigenvalue weighted by atomic mass is 32.1. The third-order valence-corrected chi connectivity index (χ3v) is 5.52. The first-order valence-electron chi connectivity index (χ1n) is 6.94. The molecule has 3 heteroatoms. The van der Waals surface area contributed by atoms with Gasteiger partial charge in [-0.15, -0.1) is 22.7 Å². The van der Waals surface area contributed by atoms with Crippen LogP contribution in [-0.2, 0) is 12.8 Å². The summed E-state index contributed by atoms with van der Waals surface area (Å²) in [6, 6.07) is 10.5. The minimum Gasteiger partial charge on any atom is -0.464 e. The molecule has 0 aromatic carbocycles.